The fourth-order valence-electron chi connectivity index (χ4n) is 3.54. The summed E-state index contributed by atoms with van der Waals surface area (Å²) in [6.07, 6.45) is 2.13. The molecule has 1 aromatic rings. The minimum atomic E-state index is -0.315. The number of halogens is 1. The number of nitrogens with zero attached hydrogens (tertiary/aromatic N) is 1. The molecule has 0 amide bonds. The second kappa shape index (κ2) is 6.86. The van der Waals surface area contributed by atoms with Crippen molar-refractivity contribution in [2.24, 2.45) is 5.92 Å². The monoisotopic (exact) mass is 306 g/mol. The highest BCUT2D eigenvalue weighted by molar-refractivity contribution is 5.97. The van der Waals surface area contributed by atoms with Gasteiger partial charge in [-0.2, -0.15) is 0 Å². The molecule has 2 N–H and O–H groups in total. The first kappa shape index (κ1) is 15.6. The highest BCUT2D eigenvalue weighted by atomic mass is 19.1. The summed E-state index contributed by atoms with van der Waals surface area (Å²) in [6.45, 7) is 3.36. The van der Waals surface area contributed by atoms with Gasteiger partial charge in [0.1, 0.15) is 5.82 Å². The van der Waals surface area contributed by atoms with Crippen molar-refractivity contribution in [3.05, 3.63) is 35.6 Å². The average Bonchev–Trinajstić information content (AvgIpc) is 2.56. The molecule has 0 aliphatic carbocycles. The number of piperidine rings is 2. The standard InChI is InChI=1S/C17H23FN2O2/c18-14-3-1-12(2-4-14)17(22)13-6-9-20(10-7-13)15-11-19-8-5-16(15)21/h1-4,13,15-16,19,21H,5-11H2/t15-,16-/m0/s1. The van der Waals surface area contributed by atoms with Crippen LogP contribution in [0.1, 0.15) is 29.6 Å². The first-order valence-corrected chi connectivity index (χ1v) is 8.08. The SMILES string of the molecule is O=C(c1ccc(F)cc1)C1CCN([C@H]2CNCC[C@@H]2O)CC1. The molecule has 5 heteroatoms. The van der Waals surface area contributed by atoms with E-state index in [4.69, 9.17) is 0 Å². The van der Waals surface area contributed by atoms with E-state index < -0.39 is 0 Å². The van der Waals surface area contributed by atoms with Gasteiger partial charge in [-0.05, 0) is 63.2 Å². The molecule has 2 aliphatic heterocycles. The van der Waals surface area contributed by atoms with Crippen LogP contribution in [0.15, 0.2) is 24.3 Å². The molecule has 2 aliphatic rings. The molecule has 0 spiro atoms. The number of aliphatic hydroxyl groups excluding tert-OH is 1. The zero-order chi connectivity index (χ0) is 15.5. The van der Waals surface area contributed by atoms with E-state index in [-0.39, 0.29) is 29.7 Å². The third-order valence-corrected chi connectivity index (χ3v) is 4.91. The first-order chi connectivity index (χ1) is 10.6. The number of nitrogens with one attached hydrogen (secondary N) is 1. The predicted molar refractivity (Wildman–Crippen MR) is 82.3 cm³/mol. The normalized spacial score (nSPS) is 27.7. The molecule has 22 heavy (non-hydrogen) atoms. The Morgan fingerprint density at radius 1 is 1.18 bits per heavy atom. The van der Waals surface area contributed by atoms with Crippen LogP contribution in [0.2, 0.25) is 0 Å². The molecule has 2 saturated heterocycles. The zero-order valence-corrected chi connectivity index (χ0v) is 12.7. The number of aliphatic hydroxyl groups is 1. The number of carbonyl (C=O) groups is 1. The number of likely N-dealkylation sites (tertiary alicyclic amines) is 1. The Labute approximate surface area is 130 Å². The van der Waals surface area contributed by atoms with Crippen LogP contribution in [0.3, 0.4) is 0 Å². The molecule has 0 unspecified atom stereocenters. The second-order valence-corrected chi connectivity index (χ2v) is 6.31. The smallest absolute Gasteiger partial charge is 0.166 e. The Balaban J connectivity index is 1.57. The number of rotatable bonds is 3. The van der Waals surface area contributed by atoms with Gasteiger partial charge in [0.2, 0.25) is 0 Å². The summed E-state index contributed by atoms with van der Waals surface area (Å²) in [5.41, 5.74) is 0.596. The van der Waals surface area contributed by atoms with Crippen LogP contribution in [0.4, 0.5) is 4.39 Å². The quantitative estimate of drug-likeness (QED) is 0.830. The maximum absolute atomic E-state index is 12.9. The molecule has 2 heterocycles. The van der Waals surface area contributed by atoms with Crippen molar-refractivity contribution < 1.29 is 14.3 Å². The summed E-state index contributed by atoms with van der Waals surface area (Å²) < 4.78 is 12.9. The predicted octanol–water partition coefficient (Wildman–Crippen LogP) is 1.44. The highest BCUT2D eigenvalue weighted by Crippen LogP contribution is 2.25. The van der Waals surface area contributed by atoms with Crippen LogP contribution in [0.5, 0.6) is 0 Å². The van der Waals surface area contributed by atoms with Crippen molar-refractivity contribution in [1.82, 2.24) is 10.2 Å². The molecule has 4 nitrogen and oxygen atoms in total. The van der Waals surface area contributed by atoms with Gasteiger partial charge in [0.25, 0.3) is 0 Å². The minimum Gasteiger partial charge on any atom is -0.391 e. The maximum atomic E-state index is 12.9. The number of ketones is 1. The molecule has 120 valence electrons. The fraction of sp³-hybridized carbons (Fsp3) is 0.588. The largest absolute Gasteiger partial charge is 0.391 e. The Bertz CT molecular complexity index is 512. The summed E-state index contributed by atoms with van der Waals surface area (Å²) in [5, 5.41) is 13.4. The summed E-state index contributed by atoms with van der Waals surface area (Å²) >= 11 is 0. The zero-order valence-electron chi connectivity index (χ0n) is 12.7. The van der Waals surface area contributed by atoms with Crippen LogP contribution in [0, 0.1) is 11.7 Å². The summed E-state index contributed by atoms with van der Waals surface area (Å²) in [5.74, 6) is -0.192. The van der Waals surface area contributed by atoms with Gasteiger partial charge in [0.15, 0.2) is 5.78 Å². The van der Waals surface area contributed by atoms with Crippen LogP contribution in [-0.4, -0.2) is 54.1 Å². The van der Waals surface area contributed by atoms with Crippen LogP contribution >= 0.6 is 0 Å². The van der Waals surface area contributed by atoms with Crippen molar-refractivity contribution in [1.29, 1.82) is 0 Å². The van der Waals surface area contributed by atoms with Gasteiger partial charge in [-0.1, -0.05) is 0 Å². The summed E-state index contributed by atoms with van der Waals surface area (Å²) in [7, 11) is 0. The lowest BCUT2D eigenvalue weighted by atomic mass is 9.87. The van der Waals surface area contributed by atoms with Gasteiger partial charge in [0, 0.05) is 24.1 Å². The Morgan fingerprint density at radius 2 is 1.86 bits per heavy atom. The molecule has 2 atom stereocenters. The van der Waals surface area contributed by atoms with Crippen molar-refractivity contribution in [3.8, 4) is 0 Å². The van der Waals surface area contributed by atoms with Crippen molar-refractivity contribution in [3.63, 3.8) is 0 Å². The van der Waals surface area contributed by atoms with Crippen molar-refractivity contribution >= 4 is 5.78 Å². The van der Waals surface area contributed by atoms with Gasteiger partial charge in [-0.15, -0.1) is 0 Å². The Kier molecular flexibility index (Phi) is 4.86. The molecule has 0 radical (unpaired) electrons. The molecular formula is C17H23FN2O2. The third kappa shape index (κ3) is 3.37. The lowest BCUT2D eigenvalue weighted by molar-refractivity contribution is 0.0125. The number of benzene rings is 1. The fourth-order valence-corrected chi connectivity index (χ4v) is 3.54. The van der Waals surface area contributed by atoms with Gasteiger partial charge in [-0.3, -0.25) is 9.69 Å². The van der Waals surface area contributed by atoms with Gasteiger partial charge in [-0.25, -0.2) is 4.39 Å². The van der Waals surface area contributed by atoms with Crippen molar-refractivity contribution in [2.75, 3.05) is 26.2 Å². The summed E-state index contributed by atoms with van der Waals surface area (Å²) in [4.78, 5) is 14.8. The van der Waals surface area contributed by atoms with Crippen LogP contribution < -0.4 is 5.32 Å². The lowest BCUT2D eigenvalue weighted by Gasteiger charge is -2.41. The Hall–Kier alpha value is -1.30. The number of carbonyl (C=O) groups excluding carboxylic acids is 1. The topological polar surface area (TPSA) is 52.6 Å². The molecule has 1 aromatic carbocycles. The van der Waals surface area contributed by atoms with E-state index in [2.05, 4.69) is 10.2 Å². The number of hydrogen-bond donors (Lipinski definition) is 2. The molecule has 0 bridgehead atoms. The van der Waals surface area contributed by atoms with E-state index in [0.717, 1.165) is 45.4 Å². The van der Waals surface area contributed by atoms with Gasteiger partial charge >= 0.3 is 0 Å². The Morgan fingerprint density at radius 3 is 2.50 bits per heavy atom. The molecule has 2 fully saturated rings. The lowest BCUT2D eigenvalue weighted by Crippen LogP contribution is -2.56. The van der Waals surface area contributed by atoms with E-state index in [0.29, 0.717) is 5.56 Å². The average molecular weight is 306 g/mol. The summed E-state index contributed by atoms with van der Waals surface area (Å²) in [6, 6.07) is 5.98. The van der Waals surface area contributed by atoms with E-state index >= 15 is 0 Å². The minimum absolute atomic E-state index is 0.00963. The molecular weight excluding hydrogens is 283 g/mol. The molecule has 0 saturated carbocycles. The van der Waals surface area contributed by atoms with E-state index in [1.54, 1.807) is 12.1 Å². The third-order valence-electron chi connectivity index (χ3n) is 4.91. The van der Waals surface area contributed by atoms with E-state index in [9.17, 15) is 14.3 Å². The van der Waals surface area contributed by atoms with Crippen LogP contribution in [-0.2, 0) is 0 Å². The second-order valence-electron chi connectivity index (χ2n) is 6.31. The molecule has 3 rings (SSSR count). The van der Waals surface area contributed by atoms with E-state index in [1.807, 2.05) is 0 Å². The van der Waals surface area contributed by atoms with Crippen molar-refractivity contribution in [2.45, 2.75) is 31.4 Å². The highest BCUT2D eigenvalue weighted by Gasteiger charge is 2.33. The first-order valence-electron chi connectivity index (χ1n) is 8.08. The van der Waals surface area contributed by atoms with Gasteiger partial charge < -0.3 is 10.4 Å². The maximum Gasteiger partial charge on any atom is 0.166 e. The van der Waals surface area contributed by atoms with Gasteiger partial charge in [0.05, 0.1) is 6.10 Å². The van der Waals surface area contributed by atoms with E-state index in [1.165, 1.54) is 12.1 Å². The number of Topliss-reactive ketones (excluding diaryl/α,β-unsaturated/α-hetero) is 1. The number of hydrogen-bond acceptors (Lipinski definition) is 4. The van der Waals surface area contributed by atoms with Crippen LogP contribution in [0.25, 0.3) is 0 Å². The molecule has 0 aromatic heterocycles.